The molecule has 0 unspecified atom stereocenters. The molecule has 13 rings (SSSR count). The summed E-state index contributed by atoms with van der Waals surface area (Å²) in [5.74, 6) is 0. The first-order valence-electron chi connectivity index (χ1n) is 23.8. The molecule has 0 atom stereocenters. The Morgan fingerprint density at radius 3 is 1.49 bits per heavy atom. The number of hydrogen-bond acceptors (Lipinski definition) is 1. The highest BCUT2D eigenvalue weighted by Crippen LogP contribution is 2.58. The predicted molar refractivity (Wildman–Crippen MR) is 289 cm³/mol. The van der Waals surface area contributed by atoms with Gasteiger partial charge in [-0.15, -0.1) is 0 Å². The summed E-state index contributed by atoms with van der Waals surface area (Å²) in [6, 6.07) is 103. The standard InChI is InChI=1S/C67H46N2/c1-6-23-47(24-7-1)54-33-16-17-36-60(54)66-55(48-25-8-2-9-26-48)37-22-40-64(66)68(53-42-44-59-58-35-19-21-39-63(58)69(65(59)46-53)51-31-14-5-15-32-51)52-41-43-57-56-34-18-20-38-61(56)67(62(57)45-52,49-27-10-3-11-28-49)50-29-12-4-13-30-50/h1-46H. The molecule has 69 heavy (non-hydrogen) atoms. The lowest BCUT2D eigenvalue weighted by atomic mass is 9.67. The summed E-state index contributed by atoms with van der Waals surface area (Å²) < 4.78 is 2.42. The van der Waals surface area contributed by atoms with E-state index in [0.717, 1.165) is 45.0 Å². The van der Waals surface area contributed by atoms with Gasteiger partial charge >= 0.3 is 0 Å². The van der Waals surface area contributed by atoms with Crippen LogP contribution in [0.15, 0.2) is 279 Å². The maximum atomic E-state index is 2.53. The maximum Gasteiger partial charge on any atom is 0.0714 e. The summed E-state index contributed by atoms with van der Waals surface area (Å²) in [7, 11) is 0. The molecule has 0 saturated carbocycles. The summed E-state index contributed by atoms with van der Waals surface area (Å²) in [5.41, 5.74) is 20.6. The summed E-state index contributed by atoms with van der Waals surface area (Å²) in [5, 5.41) is 2.44. The van der Waals surface area contributed by atoms with Gasteiger partial charge in [0, 0.05) is 33.4 Å². The van der Waals surface area contributed by atoms with E-state index in [1.807, 2.05) is 0 Å². The van der Waals surface area contributed by atoms with Crippen molar-refractivity contribution in [2.45, 2.75) is 5.41 Å². The van der Waals surface area contributed by atoms with Crippen LogP contribution in [0.1, 0.15) is 22.3 Å². The van der Waals surface area contributed by atoms with Crippen LogP contribution in [0, 0.1) is 0 Å². The highest BCUT2D eigenvalue weighted by Gasteiger charge is 2.46. The van der Waals surface area contributed by atoms with Crippen molar-refractivity contribution in [3.8, 4) is 50.2 Å². The van der Waals surface area contributed by atoms with Gasteiger partial charge in [-0.25, -0.2) is 0 Å². The van der Waals surface area contributed by atoms with Crippen molar-refractivity contribution in [1.82, 2.24) is 4.57 Å². The lowest BCUT2D eigenvalue weighted by molar-refractivity contribution is 0.768. The molecule has 2 nitrogen and oxygen atoms in total. The fraction of sp³-hybridized carbons (Fsp3) is 0.0149. The van der Waals surface area contributed by atoms with Gasteiger partial charge in [0.2, 0.25) is 0 Å². The first-order chi connectivity index (χ1) is 34.3. The number of benzene rings is 11. The number of hydrogen-bond donors (Lipinski definition) is 0. The second-order valence-corrected chi connectivity index (χ2v) is 18.0. The number of fused-ring (bicyclic) bond motifs is 6. The van der Waals surface area contributed by atoms with Gasteiger partial charge < -0.3 is 9.47 Å². The molecule has 0 spiro atoms. The Morgan fingerprint density at radius 2 is 0.797 bits per heavy atom. The molecule has 2 heteroatoms. The van der Waals surface area contributed by atoms with Gasteiger partial charge in [-0.2, -0.15) is 0 Å². The van der Waals surface area contributed by atoms with Gasteiger partial charge in [0.1, 0.15) is 0 Å². The highest BCUT2D eigenvalue weighted by molar-refractivity contribution is 6.11. The van der Waals surface area contributed by atoms with E-state index in [0.29, 0.717) is 0 Å². The first-order valence-corrected chi connectivity index (χ1v) is 23.8. The van der Waals surface area contributed by atoms with Crippen LogP contribution in [0.4, 0.5) is 17.1 Å². The third-order valence-corrected chi connectivity index (χ3v) is 14.3. The van der Waals surface area contributed by atoms with Gasteiger partial charge in [0.15, 0.2) is 0 Å². The van der Waals surface area contributed by atoms with Gasteiger partial charge in [-0.05, 0) is 110 Å². The van der Waals surface area contributed by atoms with Crippen molar-refractivity contribution in [1.29, 1.82) is 0 Å². The van der Waals surface area contributed by atoms with Gasteiger partial charge in [0.05, 0.1) is 22.1 Å². The molecule has 0 amide bonds. The van der Waals surface area contributed by atoms with Crippen LogP contribution >= 0.6 is 0 Å². The van der Waals surface area contributed by atoms with E-state index in [4.69, 9.17) is 0 Å². The number of rotatable bonds is 9. The second-order valence-electron chi connectivity index (χ2n) is 18.0. The predicted octanol–water partition coefficient (Wildman–Crippen LogP) is 17.6. The topological polar surface area (TPSA) is 8.17 Å². The van der Waals surface area contributed by atoms with E-state index in [9.17, 15) is 0 Å². The minimum atomic E-state index is -0.575. The molecule has 12 aromatic rings. The summed E-state index contributed by atoms with van der Waals surface area (Å²) in [6.45, 7) is 0. The molecule has 0 bridgehead atoms. The molecule has 1 aromatic heterocycles. The van der Waals surface area contributed by atoms with Crippen molar-refractivity contribution >= 4 is 38.9 Å². The number of para-hydroxylation sites is 2. The lowest BCUT2D eigenvalue weighted by Gasteiger charge is -2.35. The van der Waals surface area contributed by atoms with E-state index >= 15 is 0 Å². The van der Waals surface area contributed by atoms with Crippen molar-refractivity contribution in [3.63, 3.8) is 0 Å². The highest BCUT2D eigenvalue weighted by atomic mass is 15.1. The third kappa shape index (κ3) is 6.48. The zero-order chi connectivity index (χ0) is 45.7. The van der Waals surface area contributed by atoms with Crippen LogP contribution in [0.2, 0.25) is 0 Å². The Bertz CT molecular complexity index is 3780. The molecule has 0 N–H and O–H groups in total. The number of aromatic nitrogens is 1. The van der Waals surface area contributed by atoms with Crippen molar-refractivity contribution in [2.75, 3.05) is 4.90 Å². The van der Waals surface area contributed by atoms with E-state index in [2.05, 4.69) is 289 Å². The van der Waals surface area contributed by atoms with E-state index < -0.39 is 5.41 Å². The average Bonchev–Trinajstić information content (AvgIpc) is 3.92. The van der Waals surface area contributed by atoms with Crippen molar-refractivity contribution in [3.05, 3.63) is 301 Å². The van der Waals surface area contributed by atoms with Gasteiger partial charge in [-0.1, -0.05) is 231 Å². The smallest absolute Gasteiger partial charge is 0.0714 e. The molecule has 0 aliphatic heterocycles. The van der Waals surface area contributed by atoms with Crippen molar-refractivity contribution in [2.24, 2.45) is 0 Å². The lowest BCUT2D eigenvalue weighted by Crippen LogP contribution is -2.28. The molecule has 1 aliphatic rings. The monoisotopic (exact) mass is 878 g/mol. The molecule has 0 fully saturated rings. The number of nitrogens with zero attached hydrogens (tertiary/aromatic N) is 2. The largest absolute Gasteiger partial charge is 0.310 e. The molecule has 1 aliphatic carbocycles. The molecule has 0 saturated heterocycles. The summed E-state index contributed by atoms with van der Waals surface area (Å²) in [6.07, 6.45) is 0. The number of anilines is 3. The van der Waals surface area contributed by atoms with Crippen molar-refractivity contribution < 1.29 is 0 Å². The zero-order valence-electron chi connectivity index (χ0n) is 38.0. The quantitative estimate of drug-likeness (QED) is 0.140. The van der Waals surface area contributed by atoms with Gasteiger partial charge in [-0.3, -0.25) is 0 Å². The fourth-order valence-corrected chi connectivity index (χ4v) is 11.4. The third-order valence-electron chi connectivity index (χ3n) is 14.3. The molecular formula is C67H46N2. The Balaban J connectivity index is 1.15. The molecule has 324 valence electrons. The second kappa shape index (κ2) is 16.7. The van der Waals surface area contributed by atoms with Crippen LogP contribution < -0.4 is 4.90 Å². The Labute approximate surface area is 403 Å². The zero-order valence-corrected chi connectivity index (χ0v) is 38.0. The molecule has 1 heterocycles. The van der Waals surface area contributed by atoms with E-state index in [1.54, 1.807) is 0 Å². The normalized spacial score (nSPS) is 12.5. The Hall–Kier alpha value is -8.98. The van der Waals surface area contributed by atoms with Crippen LogP contribution in [-0.2, 0) is 5.41 Å². The maximum absolute atomic E-state index is 2.53. The van der Waals surface area contributed by atoms with Gasteiger partial charge in [0.25, 0.3) is 0 Å². The first kappa shape index (κ1) is 40.3. The van der Waals surface area contributed by atoms with E-state index in [1.165, 1.54) is 66.4 Å². The minimum absolute atomic E-state index is 0.575. The Morgan fingerprint density at radius 1 is 0.304 bits per heavy atom. The minimum Gasteiger partial charge on any atom is -0.310 e. The van der Waals surface area contributed by atoms with Crippen LogP contribution in [0.5, 0.6) is 0 Å². The molecule has 11 aromatic carbocycles. The summed E-state index contributed by atoms with van der Waals surface area (Å²) >= 11 is 0. The fourth-order valence-electron chi connectivity index (χ4n) is 11.4. The van der Waals surface area contributed by atoms with Crippen LogP contribution in [0.25, 0.3) is 72.0 Å². The Kier molecular flexibility index (Phi) is 9.77. The summed E-state index contributed by atoms with van der Waals surface area (Å²) in [4.78, 5) is 2.53. The SMILES string of the molecule is c1ccc(-c2ccccc2-c2c(-c3ccccc3)cccc2N(c2ccc3c(c2)C(c2ccccc2)(c2ccccc2)c2ccccc2-3)c2ccc3c4ccccc4n(-c4ccccc4)c3c2)cc1. The molecular weight excluding hydrogens is 833 g/mol. The van der Waals surface area contributed by atoms with E-state index in [-0.39, 0.29) is 0 Å². The molecule has 0 radical (unpaired) electrons. The average molecular weight is 879 g/mol. The van der Waals surface area contributed by atoms with Crippen LogP contribution in [-0.4, -0.2) is 4.57 Å². The van der Waals surface area contributed by atoms with Crippen LogP contribution in [0.3, 0.4) is 0 Å².